The Morgan fingerprint density at radius 2 is 2.12 bits per heavy atom. The molecule has 2 aliphatic rings. The minimum absolute atomic E-state index is 0.243. The monoisotopic (exact) mass is 224 g/mol. The Balaban J connectivity index is 1.69. The lowest BCUT2D eigenvalue weighted by Crippen LogP contribution is -2.36. The van der Waals surface area contributed by atoms with Crippen LogP contribution in [0.3, 0.4) is 0 Å². The van der Waals surface area contributed by atoms with Gasteiger partial charge in [0, 0.05) is 18.5 Å². The zero-order chi connectivity index (χ0) is 11.8. The summed E-state index contributed by atoms with van der Waals surface area (Å²) in [6.45, 7) is 5.15. The van der Waals surface area contributed by atoms with Gasteiger partial charge in [0.15, 0.2) is 0 Å². The van der Waals surface area contributed by atoms with Gasteiger partial charge in [-0.15, -0.1) is 0 Å². The molecule has 0 aromatic heterocycles. The smallest absolute Gasteiger partial charge is 0.223 e. The first-order valence-corrected chi connectivity index (χ1v) is 6.52. The van der Waals surface area contributed by atoms with Crippen LogP contribution >= 0.6 is 0 Å². The van der Waals surface area contributed by atoms with Crippen LogP contribution in [0.1, 0.15) is 46.0 Å². The number of rotatable bonds is 3. The molecule has 0 aromatic rings. The summed E-state index contributed by atoms with van der Waals surface area (Å²) in [4.78, 5) is 11.8. The van der Waals surface area contributed by atoms with Crippen molar-refractivity contribution in [1.82, 2.24) is 5.32 Å². The maximum atomic E-state index is 11.8. The lowest BCUT2D eigenvalue weighted by molar-refractivity contribution is -0.123. The van der Waals surface area contributed by atoms with E-state index in [9.17, 15) is 4.79 Å². The second-order valence-electron chi connectivity index (χ2n) is 6.28. The normalized spacial score (nSPS) is 36.8. The van der Waals surface area contributed by atoms with Crippen LogP contribution in [0.4, 0.5) is 0 Å². The van der Waals surface area contributed by atoms with Crippen LogP contribution < -0.4 is 11.1 Å². The minimum atomic E-state index is 0.243. The minimum Gasteiger partial charge on any atom is -0.356 e. The van der Waals surface area contributed by atoms with Gasteiger partial charge in [-0.3, -0.25) is 4.79 Å². The standard InChI is InChI=1S/C13H24N2O/c1-13(2)7-11(13)12(16)15-8-9-4-3-5-10(14)6-9/h9-11H,3-8,14H2,1-2H3,(H,15,16). The van der Waals surface area contributed by atoms with Crippen molar-refractivity contribution in [3.8, 4) is 0 Å². The average molecular weight is 224 g/mol. The van der Waals surface area contributed by atoms with Crippen LogP contribution in [0.15, 0.2) is 0 Å². The second-order valence-corrected chi connectivity index (χ2v) is 6.28. The molecule has 3 unspecified atom stereocenters. The highest BCUT2D eigenvalue weighted by atomic mass is 16.2. The van der Waals surface area contributed by atoms with E-state index in [0.717, 1.165) is 25.8 Å². The zero-order valence-corrected chi connectivity index (χ0v) is 10.5. The summed E-state index contributed by atoms with van der Waals surface area (Å²) < 4.78 is 0. The van der Waals surface area contributed by atoms with Crippen LogP contribution in [-0.4, -0.2) is 18.5 Å². The first-order chi connectivity index (χ1) is 7.49. The Morgan fingerprint density at radius 3 is 2.69 bits per heavy atom. The third-order valence-electron chi connectivity index (χ3n) is 4.22. The predicted molar refractivity (Wildman–Crippen MR) is 64.8 cm³/mol. The highest BCUT2D eigenvalue weighted by Gasteiger charge is 2.50. The van der Waals surface area contributed by atoms with Crippen LogP contribution in [-0.2, 0) is 4.79 Å². The van der Waals surface area contributed by atoms with Gasteiger partial charge < -0.3 is 11.1 Å². The van der Waals surface area contributed by atoms with Crippen molar-refractivity contribution in [2.45, 2.75) is 52.0 Å². The van der Waals surface area contributed by atoms with Gasteiger partial charge in [0.25, 0.3) is 0 Å². The van der Waals surface area contributed by atoms with Crippen molar-refractivity contribution in [3.63, 3.8) is 0 Å². The molecule has 3 N–H and O–H groups in total. The maximum absolute atomic E-state index is 11.8. The fraction of sp³-hybridized carbons (Fsp3) is 0.923. The Kier molecular flexibility index (Phi) is 3.24. The van der Waals surface area contributed by atoms with Crippen molar-refractivity contribution < 1.29 is 4.79 Å². The SMILES string of the molecule is CC1(C)CC1C(=O)NCC1CCCC(N)C1. The summed E-state index contributed by atoms with van der Waals surface area (Å²) in [6.07, 6.45) is 5.72. The Hall–Kier alpha value is -0.570. The highest BCUT2D eigenvalue weighted by molar-refractivity contribution is 5.82. The van der Waals surface area contributed by atoms with E-state index >= 15 is 0 Å². The van der Waals surface area contributed by atoms with Gasteiger partial charge in [0.1, 0.15) is 0 Å². The number of nitrogens with two attached hydrogens (primary N) is 1. The van der Waals surface area contributed by atoms with Gasteiger partial charge >= 0.3 is 0 Å². The summed E-state index contributed by atoms with van der Waals surface area (Å²) in [5, 5.41) is 3.10. The van der Waals surface area contributed by atoms with Crippen LogP contribution in [0.5, 0.6) is 0 Å². The molecule has 0 saturated heterocycles. The number of carbonyl (C=O) groups excluding carboxylic acids is 1. The molecule has 92 valence electrons. The number of amides is 1. The van der Waals surface area contributed by atoms with E-state index in [4.69, 9.17) is 5.73 Å². The topological polar surface area (TPSA) is 55.1 Å². The molecule has 0 radical (unpaired) electrons. The number of hydrogen-bond donors (Lipinski definition) is 2. The molecular weight excluding hydrogens is 200 g/mol. The molecule has 3 nitrogen and oxygen atoms in total. The fourth-order valence-electron chi connectivity index (χ4n) is 2.80. The van der Waals surface area contributed by atoms with Crippen molar-refractivity contribution in [2.75, 3.05) is 6.54 Å². The summed E-state index contributed by atoms with van der Waals surface area (Å²) in [6, 6.07) is 0.355. The van der Waals surface area contributed by atoms with E-state index in [-0.39, 0.29) is 17.2 Å². The lowest BCUT2D eigenvalue weighted by atomic mass is 9.86. The molecule has 0 aliphatic heterocycles. The van der Waals surface area contributed by atoms with Crippen molar-refractivity contribution in [3.05, 3.63) is 0 Å². The van der Waals surface area contributed by atoms with Gasteiger partial charge in [0.2, 0.25) is 5.91 Å². The molecule has 0 heterocycles. The summed E-state index contributed by atoms with van der Waals surface area (Å²) in [7, 11) is 0. The largest absolute Gasteiger partial charge is 0.356 e. The van der Waals surface area contributed by atoms with E-state index in [1.54, 1.807) is 0 Å². The summed E-state index contributed by atoms with van der Waals surface area (Å²) >= 11 is 0. The quantitative estimate of drug-likeness (QED) is 0.766. The summed E-state index contributed by atoms with van der Waals surface area (Å²) in [5.41, 5.74) is 6.18. The Bertz CT molecular complexity index is 275. The Morgan fingerprint density at radius 1 is 1.44 bits per heavy atom. The average Bonchev–Trinajstić information content (AvgIpc) is 2.85. The van der Waals surface area contributed by atoms with Crippen LogP contribution in [0.25, 0.3) is 0 Å². The Labute approximate surface area is 98.2 Å². The van der Waals surface area contributed by atoms with Crippen LogP contribution in [0.2, 0.25) is 0 Å². The molecule has 0 spiro atoms. The fourth-order valence-corrected chi connectivity index (χ4v) is 2.80. The molecule has 2 saturated carbocycles. The first-order valence-electron chi connectivity index (χ1n) is 6.52. The number of nitrogens with one attached hydrogen (secondary N) is 1. The van der Waals surface area contributed by atoms with Crippen molar-refractivity contribution >= 4 is 5.91 Å². The maximum Gasteiger partial charge on any atom is 0.223 e. The van der Waals surface area contributed by atoms with E-state index in [2.05, 4.69) is 19.2 Å². The third-order valence-corrected chi connectivity index (χ3v) is 4.22. The molecule has 3 atom stereocenters. The third kappa shape index (κ3) is 2.76. The van der Waals surface area contributed by atoms with Gasteiger partial charge in [-0.05, 0) is 37.0 Å². The molecule has 0 aromatic carbocycles. The van der Waals surface area contributed by atoms with E-state index in [1.165, 1.54) is 12.8 Å². The lowest BCUT2D eigenvalue weighted by Gasteiger charge is -2.26. The van der Waals surface area contributed by atoms with Gasteiger partial charge in [-0.25, -0.2) is 0 Å². The number of hydrogen-bond acceptors (Lipinski definition) is 2. The molecule has 2 aliphatic carbocycles. The summed E-state index contributed by atoms with van der Waals surface area (Å²) in [5.74, 6) is 1.11. The van der Waals surface area contributed by atoms with Crippen LogP contribution in [0, 0.1) is 17.3 Å². The molecular formula is C13H24N2O. The van der Waals surface area contributed by atoms with Crippen molar-refractivity contribution in [1.29, 1.82) is 0 Å². The molecule has 2 rings (SSSR count). The second kappa shape index (κ2) is 4.36. The van der Waals surface area contributed by atoms with E-state index in [1.807, 2.05) is 0 Å². The molecule has 3 heteroatoms. The first kappa shape index (κ1) is 11.9. The van der Waals surface area contributed by atoms with E-state index < -0.39 is 0 Å². The molecule has 1 amide bonds. The predicted octanol–water partition coefficient (Wildman–Crippen LogP) is 1.67. The number of carbonyl (C=O) groups is 1. The molecule has 0 bridgehead atoms. The van der Waals surface area contributed by atoms with E-state index in [0.29, 0.717) is 12.0 Å². The molecule has 16 heavy (non-hydrogen) atoms. The van der Waals surface area contributed by atoms with Gasteiger partial charge in [-0.2, -0.15) is 0 Å². The highest BCUT2D eigenvalue weighted by Crippen LogP contribution is 2.51. The zero-order valence-electron chi connectivity index (χ0n) is 10.5. The van der Waals surface area contributed by atoms with Gasteiger partial charge in [0.05, 0.1) is 0 Å². The van der Waals surface area contributed by atoms with Gasteiger partial charge in [-0.1, -0.05) is 20.3 Å². The van der Waals surface area contributed by atoms with Crippen molar-refractivity contribution in [2.24, 2.45) is 23.0 Å². The molecule has 2 fully saturated rings.